The van der Waals surface area contributed by atoms with E-state index >= 15 is 0 Å². The Morgan fingerprint density at radius 2 is 1.77 bits per heavy atom. The first kappa shape index (κ1) is 18.2. The Labute approximate surface area is 156 Å². The molecule has 26 heavy (non-hydrogen) atoms. The SMILES string of the molecule is C[C@H](NS(=O)(=O)c1ccccc1)C(=O)Nc1ccc(-c2nccs2)cc1. The maximum atomic E-state index is 12.3. The number of rotatable bonds is 6. The fourth-order valence-corrected chi connectivity index (χ4v) is 4.14. The Hall–Kier alpha value is -2.55. The lowest BCUT2D eigenvalue weighted by Gasteiger charge is -2.14. The van der Waals surface area contributed by atoms with E-state index in [0.29, 0.717) is 5.69 Å². The standard InChI is InChI=1S/C18H17N3O3S2/c1-13(21-26(23,24)16-5-3-2-4-6-16)17(22)20-15-9-7-14(8-10-15)18-19-11-12-25-18/h2-13,21H,1H3,(H,20,22)/t13-/m0/s1. The van der Waals surface area contributed by atoms with E-state index < -0.39 is 22.0 Å². The van der Waals surface area contributed by atoms with Crippen LogP contribution in [0.5, 0.6) is 0 Å². The summed E-state index contributed by atoms with van der Waals surface area (Å²) in [5.41, 5.74) is 1.54. The second-order valence-corrected chi connectivity index (χ2v) is 8.17. The first-order chi connectivity index (χ1) is 12.5. The third-order valence-corrected chi connectivity index (χ3v) is 5.99. The molecule has 6 nitrogen and oxygen atoms in total. The molecule has 0 radical (unpaired) electrons. The molecule has 8 heteroatoms. The fourth-order valence-electron chi connectivity index (χ4n) is 2.27. The van der Waals surface area contributed by atoms with Crippen molar-refractivity contribution in [3.8, 4) is 10.6 Å². The zero-order chi connectivity index (χ0) is 18.6. The third-order valence-electron chi connectivity index (χ3n) is 3.61. The van der Waals surface area contributed by atoms with Crippen LogP contribution < -0.4 is 10.0 Å². The van der Waals surface area contributed by atoms with Crippen LogP contribution in [0.25, 0.3) is 10.6 Å². The summed E-state index contributed by atoms with van der Waals surface area (Å²) in [6, 6.07) is 14.2. The molecule has 3 rings (SSSR count). The molecule has 0 aliphatic carbocycles. The van der Waals surface area contributed by atoms with Gasteiger partial charge >= 0.3 is 0 Å². The van der Waals surface area contributed by atoms with Gasteiger partial charge in [-0.25, -0.2) is 13.4 Å². The predicted octanol–water partition coefficient (Wildman–Crippen LogP) is 3.12. The van der Waals surface area contributed by atoms with E-state index in [0.717, 1.165) is 10.6 Å². The Morgan fingerprint density at radius 3 is 2.38 bits per heavy atom. The molecule has 1 atom stereocenters. The van der Waals surface area contributed by atoms with Crippen LogP contribution in [-0.4, -0.2) is 25.4 Å². The van der Waals surface area contributed by atoms with E-state index in [1.165, 1.54) is 30.4 Å². The fraction of sp³-hybridized carbons (Fsp3) is 0.111. The van der Waals surface area contributed by atoms with E-state index in [9.17, 15) is 13.2 Å². The largest absolute Gasteiger partial charge is 0.325 e. The van der Waals surface area contributed by atoms with Crippen molar-refractivity contribution in [1.82, 2.24) is 9.71 Å². The van der Waals surface area contributed by atoms with Crippen molar-refractivity contribution in [2.45, 2.75) is 17.9 Å². The zero-order valence-corrected chi connectivity index (χ0v) is 15.5. The Kier molecular flexibility index (Phi) is 5.46. The highest BCUT2D eigenvalue weighted by Crippen LogP contribution is 2.23. The number of hydrogen-bond donors (Lipinski definition) is 2. The topological polar surface area (TPSA) is 88.2 Å². The molecule has 1 amide bonds. The number of aromatic nitrogens is 1. The van der Waals surface area contributed by atoms with Crippen LogP contribution in [0, 0.1) is 0 Å². The average molecular weight is 387 g/mol. The highest BCUT2D eigenvalue weighted by molar-refractivity contribution is 7.89. The van der Waals surface area contributed by atoms with Crippen LogP contribution in [0.3, 0.4) is 0 Å². The number of hydrogen-bond acceptors (Lipinski definition) is 5. The molecule has 0 saturated carbocycles. The van der Waals surface area contributed by atoms with Gasteiger partial charge in [0, 0.05) is 22.8 Å². The summed E-state index contributed by atoms with van der Waals surface area (Å²) in [5.74, 6) is -0.438. The van der Waals surface area contributed by atoms with Crippen LogP contribution >= 0.6 is 11.3 Å². The van der Waals surface area contributed by atoms with Crippen molar-refractivity contribution >= 4 is 33.0 Å². The van der Waals surface area contributed by atoms with Gasteiger partial charge in [-0.15, -0.1) is 11.3 Å². The van der Waals surface area contributed by atoms with Crippen molar-refractivity contribution < 1.29 is 13.2 Å². The Bertz CT molecular complexity index is 970. The van der Waals surface area contributed by atoms with E-state index in [-0.39, 0.29) is 4.90 Å². The molecular formula is C18H17N3O3S2. The van der Waals surface area contributed by atoms with Crippen molar-refractivity contribution in [3.05, 3.63) is 66.2 Å². The molecule has 2 N–H and O–H groups in total. The minimum absolute atomic E-state index is 0.118. The van der Waals surface area contributed by atoms with Gasteiger partial charge < -0.3 is 5.32 Å². The van der Waals surface area contributed by atoms with Crippen molar-refractivity contribution in [2.75, 3.05) is 5.32 Å². The normalized spacial score (nSPS) is 12.5. The molecule has 0 aliphatic heterocycles. The molecule has 0 saturated heterocycles. The Morgan fingerprint density at radius 1 is 1.08 bits per heavy atom. The minimum atomic E-state index is -3.75. The smallest absolute Gasteiger partial charge is 0.242 e. The van der Waals surface area contributed by atoms with Crippen molar-refractivity contribution in [3.63, 3.8) is 0 Å². The van der Waals surface area contributed by atoms with Crippen molar-refractivity contribution in [1.29, 1.82) is 0 Å². The Balaban J connectivity index is 1.64. The molecule has 0 unspecified atom stereocenters. The molecule has 0 aliphatic rings. The quantitative estimate of drug-likeness (QED) is 0.680. The maximum absolute atomic E-state index is 12.3. The molecule has 3 aromatic rings. The monoisotopic (exact) mass is 387 g/mol. The molecule has 0 spiro atoms. The maximum Gasteiger partial charge on any atom is 0.242 e. The third kappa shape index (κ3) is 4.34. The van der Waals surface area contributed by atoms with Crippen molar-refractivity contribution in [2.24, 2.45) is 0 Å². The summed E-state index contributed by atoms with van der Waals surface area (Å²) in [7, 11) is -3.75. The van der Waals surface area contributed by atoms with Gasteiger partial charge in [-0.05, 0) is 43.3 Å². The second-order valence-electron chi connectivity index (χ2n) is 5.56. The van der Waals surface area contributed by atoms with Gasteiger partial charge in [0.2, 0.25) is 15.9 Å². The summed E-state index contributed by atoms with van der Waals surface area (Å²) in [6.45, 7) is 1.50. The summed E-state index contributed by atoms with van der Waals surface area (Å²) >= 11 is 1.53. The molecule has 1 aromatic heterocycles. The van der Waals surface area contributed by atoms with Crippen LogP contribution in [0.1, 0.15) is 6.92 Å². The number of sulfonamides is 1. The van der Waals surface area contributed by atoms with Gasteiger partial charge in [-0.1, -0.05) is 18.2 Å². The molecule has 1 heterocycles. The predicted molar refractivity (Wildman–Crippen MR) is 102 cm³/mol. The van der Waals surface area contributed by atoms with Crippen LogP contribution in [0.15, 0.2) is 71.1 Å². The van der Waals surface area contributed by atoms with Crippen LogP contribution in [-0.2, 0) is 14.8 Å². The zero-order valence-electron chi connectivity index (χ0n) is 13.9. The summed E-state index contributed by atoms with van der Waals surface area (Å²) in [5, 5.41) is 5.49. The van der Waals surface area contributed by atoms with E-state index in [1.807, 2.05) is 17.5 Å². The van der Waals surface area contributed by atoms with E-state index in [2.05, 4.69) is 15.0 Å². The van der Waals surface area contributed by atoms with Gasteiger partial charge in [0.1, 0.15) is 5.01 Å². The van der Waals surface area contributed by atoms with E-state index in [1.54, 1.807) is 36.5 Å². The van der Waals surface area contributed by atoms with E-state index in [4.69, 9.17) is 0 Å². The summed E-state index contributed by atoms with van der Waals surface area (Å²) in [6.07, 6.45) is 1.73. The molecule has 2 aromatic carbocycles. The van der Waals surface area contributed by atoms with Gasteiger partial charge in [0.15, 0.2) is 0 Å². The molecule has 0 fully saturated rings. The number of anilines is 1. The van der Waals surface area contributed by atoms with Crippen LogP contribution in [0.2, 0.25) is 0 Å². The number of nitrogens with zero attached hydrogens (tertiary/aromatic N) is 1. The number of carbonyl (C=O) groups is 1. The number of amides is 1. The summed E-state index contributed by atoms with van der Waals surface area (Å²) < 4.78 is 26.9. The van der Waals surface area contributed by atoms with Crippen LogP contribution in [0.4, 0.5) is 5.69 Å². The lowest BCUT2D eigenvalue weighted by molar-refractivity contribution is -0.117. The number of benzene rings is 2. The average Bonchev–Trinajstić information content (AvgIpc) is 3.17. The van der Waals surface area contributed by atoms with Gasteiger partial charge in [0.25, 0.3) is 0 Å². The number of nitrogens with one attached hydrogen (secondary N) is 2. The first-order valence-electron chi connectivity index (χ1n) is 7.84. The lowest BCUT2D eigenvalue weighted by atomic mass is 10.2. The first-order valence-corrected chi connectivity index (χ1v) is 10.2. The summed E-state index contributed by atoms with van der Waals surface area (Å²) in [4.78, 5) is 16.6. The highest BCUT2D eigenvalue weighted by atomic mass is 32.2. The molecular weight excluding hydrogens is 370 g/mol. The second kappa shape index (κ2) is 7.77. The number of carbonyl (C=O) groups excluding carboxylic acids is 1. The number of thiazole rings is 1. The van der Waals surface area contributed by atoms with Gasteiger partial charge in [0.05, 0.1) is 10.9 Å². The molecule has 0 bridgehead atoms. The van der Waals surface area contributed by atoms with Gasteiger partial charge in [-0.3, -0.25) is 4.79 Å². The van der Waals surface area contributed by atoms with Gasteiger partial charge in [-0.2, -0.15) is 4.72 Å². The highest BCUT2D eigenvalue weighted by Gasteiger charge is 2.21. The molecule has 134 valence electrons. The minimum Gasteiger partial charge on any atom is -0.325 e. The lowest BCUT2D eigenvalue weighted by Crippen LogP contribution is -2.41.